The third kappa shape index (κ3) is 3.52. The van der Waals surface area contributed by atoms with Gasteiger partial charge in [0.05, 0.1) is 5.39 Å². The molecule has 4 aromatic rings. The summed E-state index contributed by atoms with van der Waals surface area (Å²) >= 11 is 0. The first-order valence-electron chi connectivity index (χ1n) is 9.49. The van der Waals surface area contributed by atoms with Crippen molar-refractivity contribution in [2.24, 2.45) is 0 Å². The van der Waals surface area contributed by atoms with Gasteiger partial charge in [-0.2, -0.15) is 5.10 Å². The Hall–Kier alpha value is -4.07. The molecule has 0 aliphatic heterocycles. The van der Waals surface area contributed by atoms with E-state index in [0.29, 0.717) is 16.9 Å². The SMILES string of the molecule is Cc1cc(C(=O)Cn2nc(C(=O)O)c3ccccc3c2=O)c(C)n1-c1cccc(F)c1. The molecule has 0 aliphatic rings. The average Bonchev–Trinajstić information content (AvgIpc) is 3.04. The molecular formula is C23H18FN3O4. The Labute approximate surface area is 176 Å². The van der Waals surface area contributed by atoms with Gasteiger partial charge in [-0.1, -0.05) is 24.3 Å². The van der Waals surface area contributed by atoms with Gasteiger partial charge in [-0.05, 0) is 44.2 Å². The molecule has 156 valence electrons. The molecule has 8 heteroatoms. The van der Waals surface area contributed by atoms with Gasteiger partial charge in [0.1, 0.15) is 12.4 Å². The van der Waals surface area contributed by atoms with E-state index in [0.717, 1.165) is 10.4 Å². The summed E-state index contributed by atoms with van der Waals surface area (Å²) in [6, 6.07) is 13.9. The fourth-order valence-corrected chi connectivity index (χ4v) is 3.78. The van der Waals surface area contributed by atoms with Crippen LogP contribution in [0.5, 0.6) is 0 Å². The molecule has 31 heavy (non-hydrogen) atoms. The van der Waals surface area contributed by atoms with Crippen LogP contribution in [-0.2, 0) is 6.54 Å². The Balaban J connectivity index is 1.77. The minimum absolute atomic E-state index is 0.174. The smallest absolute Gasteiger partial charge is 0.357 e. The van der Waals surface area contributed by atoms with Crippen molar-refractivity contribution in [1.82, 2.24) is 14.3 Å². The normalized spacial score (nSPS) is 11.1. The monoisotopic (exact) mass is 419 g/mol. The van der Waals surface area contributed by atoms with Crippen LogP contribution >= 0.6 is 0 Å². The number of Topliss-reactive ketones (excluding diaryl/α,β-unsaturated/α-hetero) is 1. The molecule has 0 radical (unpaired) electrons. The summed E-state index contributed by atoms with van der Waals surface area (Å²) in [6.07, 6.45) is 0. The minimum Gasteiger partial charge on any atom is -0.476 e. The number of rotatable bonds is 5. The number of carboxylic acids is 1. The maximum atomic E-state index is 13.7. The highest BCUT2D eigenvalue weighted by Crippen LogP contribution is 2.22. The number of hydrogen-bond donors (Lipinski definition) is 1. The van der Waals surface area contributed by atoms with Crippen molar-refractivity contribution in [3.8, 4) is 5.69 Å². The Morgan fingerprint density at radius 1 is 1.03 bits per heavy atom. The number of carboxylic acid groups (broad SMARTS) is 1. The highest BCUT2D eigenvalue weighted by Gasteiger charge is 2.21. The Bertz CT molecular complexity index is 1420. The van der Waals surface area contributed by atoms with Crippen molar-refractivity contribution in [1.29, 1.82) is 0 Å². The number of aromatic nitrogens is 3. The summed E-state index contributed by atoms with van der Waals surface area (Å²) in [6.45, 7) is 3.10. The van der Waals surface area contributed by atoms with Crippen molar-refractivity contribution < 1.29 is 19.1 Å². The molecule has 0 bridgehead atoms. The van der Waals surface area contributed by atoms with E-state index >= 15 is 0 Å². The summed E-state index contributed by atoms with van der Waals surface area (Å²) < 4.78 is 16.3. The number of halogens is 1. The predicted octanol–water partition coefficient (Wildman–Crippen LogP) is 3.52. The van der Waals surface area contributed by atoms with Crippen molar-refractivity contribution in [2.75, 3.05) is 0 Å². The molecule has 2 aromatic heterocycles. The van der Waals surface area contributed by atoms with Crippen LogP contribution in [0.15, 0.2) is 59.4 Å². The maximum Gasteiger partial charge on any atom is 0.357 e. The van der Waals surface area contributed by atoms with E-state index in [1.807, 2.05) is 0 Å². The third-order valence-corrected chi connectivity index (χ3v) is 5.16. The predicted molar refractivity (Wildman–Crippen MR) is 112 cm³/mol. The molecule has 0 fully saturated rings. The van der Waals surface area contributed by atoms with Crippen LogP contribution in [0.4, 0.5) is 4.39 Å². The first-order valence-corrected chi connectivity index (χ1v) is 9.49. The summed E-state index contributed by atoms with van der Waals surface area (Å²) in [5, 5.41) is 13.8. The zero-order valence-corrected chi connectivity index (χ0v) is 16.8. The molecule has 4 rings (SSSR count). The number of benzene rings is 2. The van der Waals surface area contributed by atoms with E-state index < -0.39 is 29.7 Å². The molecule has 0 saturated heterocycles. The molecule has 0 atom stereocenters. The van der Waals surface area contributed by atoms with Gasteiger partial charge in [0.25, 0.3) is 5.56 Å². The lowest BCUT2D eigenvalue weighted by atomic mass is 10.1. The van der Waals surface area contributed by atoms with Crippen LogP contribution in [0.2, 0.25) is 0 Å². The summed E-state index contributed by atoms with van der Waals surface area (Å²) in [7, 11) is 0. The van der Waals surface area contributed by atoms with E-state index in [2.05, 4.69) is 5.10 Å². The van der Waals surface area contributed by atoms with E-state index in [4.69, 9.17) is 0 Å². The first kappa shape index (κ1) is 20.2. The zero-order chi connectivity index (χ0) is 22.3. The molecule has 2 heterocycles. The van der Waals surface area contributed by atoms with Gasteiger partial charge in [0.15, 0.2) is 11.5 Å². The summed E-state index contributed by atoms with van der Waals surface area (Å²) in [4.78, 5) is 37.5. The molecule has 0 spiro atoms. The van der Waals surface area contributed by atoms with Crippen LogP contribution in [0.1, 0.15) is 32.2 Å². The van der Waals surface area contributed by atoms with Gasteiger partial charge in [0, 0.05) is 28.0 Å². The molecule has 2 aromatic carbocycles. The fourth-order valence-electron chi connectivity index (χ4n) is 3.78. The van der Waals surface area contributed by atoms with Crippen LogP contribution < -0.4 is 5.56 Å². The van der Waals surface area contributed by atoms with E-state index in [9.17, 15) is 23.9 Å². The van der Waals surface area contributed by atoms with E-state index in [1.54, 1.807) is 48.7 Å². The molecule has 0 aliphatic carbocycles. The molecule has 0 saturated carbocycles. The van der Waals surface area contributed by atoms with E-state index in [-0.39, 0.29) is 16.5 Å². The van der Waals surface area contributed by atoms with Crippen molar-refractivity contribution in [3.05, 3.63) is 93.4 Å². The molecule has 7 nitrogen and oxygen atoms in total. The third-order valence-electron chi connectivity index (χ3n) is 5.16. The Morgan fingerprint density at radius 2 is 1.74 bits per heavy atom. The van der Waals surface area contributed by atoms with Crippen molar-refractivity contribution >= 4 is 22.5 Å². The largest absolute Gasteiger partial charge is 0.476 e. The second-order valence-electron chi connectivity index (χ2n) is 7.19. The van der Waals surface area contributed by atoms with Crippen LogP contribution in [0.25, 0.3) is 16.5 Å². The highest BCUT2D eigenvalue weighted by molar-refractivity contribution is 6.01. The standard InChI is InChI=1S/C23H18FN3O4/c1-13-10-19(14(2)27(13)16-7-5-6-15(24)11-16)20(28)12-26-22(29)18-9-4-3-8-17(18)21(25-26)23(30)31/h3-11H,12H2,1-2H3,(H,30,31). The van der Waals surface area contributed by atoms with Gasteiger partial charge in [-0.3, -0.25) is 9.59 Å². The number of ketones is 1. The zero-order valence-electron chi connectivity index (χ0n) is 16.8. The van der Waals surface area contributed by atoms with Gasteiger partial charge in [-0.25, -0.2) is 13.9 Å². The number of hydrogen-bond acceptors (Lipinski definition) is 4. The van der Waals surface area contributed by atoms with E-state index in [1.165, 1.54) is 24.3 Å². The number of carbonyl (C=O) groups is 2. The average molecular weight is 419 g/mol. The second-order valence-corrected chi connectivity index (χ2v) is 7.19. The lowest BCUT2D eigenvalue weighted by Gasteiger charge is -2.11. The Kier molecular flexibility index (Phi) is 4.98. The lowest BCUT2D eigenvalue weighted by Crippen LogP contribution is -2.29. The number of fused-ring (bicyclic) bond motifs is 1. The van der Waals surface area contributed by atoms with Crippen molar-refractivity contribution in [3.63, 3.8) is 0 Å². The number of carbonyl (C=O) groups excluding carboxylic acids is 1. The van der Waals surface area contributed by atoms with Gasteiger partial charge in [0.2, 0.25) is 0 Å². The number of aryl methyl sites for hydroxylation is 1. The molecule has 0 amide bonds. The Morgan fingerprint density at radius 3 is 2.42 bits per heavy atom. The number of nitrogens with zero attached hydrogens (tertiary/aromatic N) is 3. The van der Waals surface area contributed by atoms with Crippen LogP contribution in [0, 0.1) is 19.7 Å². The second kappa shape index (κ2) is 7.64. The van der Waals surface area contributed by atoms with Gasteiger partial charge >= 0.3 is 5.97 Å². The quantitative estimate of drug-likeness (QED) is 0.500. The highest BCUT2D eigenvalue weighted by atomic mass is 19.1. The lowest BCUT2D eigenvalue weighted by molar-refractivity contribution is 0.0688. The van der Waals surface area contributed by atoms with Crippen LogP contribution in [-0.4, -0.2) is 31.2 Å². The molecule has 1 N–H and O–H groups in total. The van der Waals surface area contributed by atoms with Gasteiger partial charge < -0.3 is 9.67 Å². The summed E-state index contributed by atoms with van der Waals surface area (Å²) in [5.74, 6) is -2.09. The summed E-state index contributed by atoms with van der Waals surface area (Å²) in [5.41, 5.74) is 1.38. The topological polar surface area (TPSA) is 94.2 Å². The molecular weight excluding hydrogens is 401 g/mol. The maximum absolute atomic E-state index is 13.7. The van der Waals surface area contributed by atoms with Crippen LogP contribution in [0.3, 0.4) is 0 Å². The van der Waals surface area contributed by atoms with Crippen molar-refractivity contribution in [2.45, 2.75) is 20.4 Å². The fraction of sp³-hybridized carbons (Fsp3) is 0.130. The number of aromatic carboxylic acids is 1. The molecule has 0 unspecified atom stereocenters. The van der Waals surface area contributed by atoms with Gasteiger partial charge in [-0.15, -0.1) is 0 Å². The first-order chi connectivity index (χ1) is 14.8. The minimum atomic E-state index is -1.29.